The Kier molecular flexibility index (Phi) is 7.41. The fraction of sp³-hybridized carbons (Fsp3) is 0.875. The molecule has 0 saturated carbocycles. The van der Waals surface area contributed by atoms with E-state index in [-0.39, 0.29) is 12.4 Å². The van der Waals surface area contributed by atoms with Gasteiger partial charge in [0.25, 0.3) is 0 Å². The SMILES string of the molecule is COCCCCC(=O)COC. The highest BCUT2D eigenvalue weighted by Crippen LogP contribution is 1.96. The van der Waals surface area contributed by atoms with E-state index in [1.54, 1.807) is 7.11 Å². The molecule has 0 aromatic heterocycles. The fourth-order valence-corrected chi connectivity index (χ4v) is 0.802. The van der Waals surface area contributed by atoms with E-state index in [0.29, 0.717) is 6.42 Å². The zero-order valence-electron chi connectivity index (χ0n) is 7.26. The summed E-state index contributed by atoms with van der Waals surface area (Å²) in [5.41, 5.74) is 0. The molecule has 0 heterocycles. The molecule has 0 aliphatic carbocycles. The number of ketones is 1. The van der Waals surface area contributed by atoms with Gasteiger partial charge in [0, 0.05) is 27.2 Å². The van der Waals surface area contributed by atoms with Crippen LogP contribution < -0.4 is 0 Å². The standard InChI is InChI=1S/C8H16O3/c1-10-6-4-3-5-8(9)7-11-2/h3-7H2,1-2H3. The smallest absolute Gasteiger partial charge is 0.158 e. The first kappa shape index (κ1) is 10.6. The summed E-state index contributed by atoms with van der Waals surface area (Å²) in [6.07, 6.45) is 2.46. The molecule has 11 heavy (non-hydrogen) atoms. The molecule has 0 N–H and O–H groups in total. The summed E-state index contributed by atoms with van der Waals surface area (Å²) in [7, 11) is 3.20. The second kappa shape index (κ2) is 7.69. The summed E-state index contributed by atoms with van der Waals surface area (Å²) >= 11 is 0. The van der Waals surface area contributed by atoms with Crippen molar-refractivity contribution in [2.75, 3.05) is 27.4 Å². The van der Waals surface area contributed by atoms with Gasteiger partial charge < -0.3 is 9.47 Å². The van der Waals surface area contributed by atoms with Crippen molar-refractivity contribution in [3.8, 4) is 0 Å². The van der Waals surface area contributed by atoms with Gasteiger partial charge in [0.05, 0.1) is 0 Å². The number of methoxy groups -OCH3 is 2. The highest BCUT2D eigenvalue weighted by Gasteiger charge is 1.99. The molecule has 3 heteroatoms. The van der Waals surface area contributed by atoms with Crippen LogP contribution in [0.2, 0.25) is 0 Å². The van der Waals surface area contributed by atoms with Crippen molar-refractivity contribution in [3.05, 3.63) is 0 Å². The Balaban J connectivity index is 3.04. The lowest BCUT2D eigenvalue weighted by molar-refractivity contribution is -0.122. The molecule has 0 atom stereocenters. The van der Waals surface area contributed by atoms with Crippen LogP contribution in [0, 0.1) is 0 Å². The Bertz CT molecular complexity index is 102. The predicted octanol–water partition coefficient (Wildman–Crippen LogP) is 1.02. The van der Waals surface area contributed by atoms with Crippen molar-refractivity contribution < 1.29 is 14.3 Å². The summed E-state index contributed by atoms with van der Waals surface area (Å²) in [5, 5.41) is 0. The Labute approximate surface area is 67.7 Å². The lowest BCUT2D eigenvalue weighted by Crippen LogP contribution is -2.06. The minimum absolute atomic E-state index is 0.170. The second-order valence-corrected chi connectivity index (χ2v) is 2.42. The van der Waals surface area contributed by atoms with Gasteiger partial charge in [0.1, 0.15) is 6.61 Å². The van der Waals surface area contributed by atoms with Crippen LogP contribution in [-0.4, -0.2) is 33.2 Å². The number of unbranched alkanes of at least 4 members (excludes halogenated alkanes) is 1. The molecule has 0 rings (SSSR count). The summed E-state index contributed by atoms with van der Waals surface area (Å²) in [5.74, 6) is 0.170. The summed E-state index contributed by atoms with van der Waals surface area (Å²) in [6.45, 7) is 0.979. The van der Waals surface area contributed by atoms with Crippen molar-refractivity contribution in [3.63, 3.8) is 0 Å². The van der Waals surface area contributed by atoms with Gasteiger partial charge in [-0.1, -0.05) is 0 Å². The number of Topliss-reactive ketones (excluding diaryl/α,β-unsaturated/α-hetero) is 1. The predicted molar refractivity (Wildman–Crippen MR) is 42.6 cm³/mol. The Morgan fingerprint density at radius 1 is 1.18 bits per heavy atom. The number of carbonyl (C=O) groups excluding carboxylic acids is 1. The summed E-state index contributed by atoms with van der Waals surface area (Å²) < 4.78 is 9.52. The van der Waals surface area contributed by atoms with Gasteiger partial charge in [-0.05, 0) is 12.8 Å². The molecule has 0 radical (unpaired) electrons. The maximum Gasteiger partial charge on any atom is 0.158 e. The number of carbonyl (C=O) groups is 1. The molecule has 0 amide bonds. The molecule has 0 aliphatic heterocycles. The molecule has 3 nitrogen and oxygen atoms in total. The molecule has 0 aromatic carbocycles. The van der Waals surface area contributed by atoms with Crippen LogP contribution in [0.15, 0.2) is 0 Å². The highest BCUT2D eigenvalue weighted by atomic mass is 16.5. The van der Waals surface area contributed by atoms with E-state index in [1.807, 2.05) is 0 Å². The lowest BCUT2D eigenvalue weighted by atomic mass is 10.2. The molecular weight excluding hydrogens is 144 g/mol. The van der Waals surface area contributed by atoms with E-state index < -0.39 is 0 Å². The van der Waals surface area contributed by atoms with Crippen LogP contribution in [-0.2, 0) is 14.3 Å². The quantitative estimate of drug-likeness (QED) is 0.521. The molecule has 0 unspecified atom stereocenters. The highest BCUT2D eigenvalue weighted by molar-refractivity contribution is 5.79. The van der Waals surface area contributed by atoms with E-state index in [9.17, 15) is 4.79 Å². The number of hydrogen-bond donors (Lipinski definition) is 0. The van der Waals surface area contributed by atoms with Crippen LogP contribution in [0.25, 0.3) is 0 Å². The largest absolute Gasteiger partial charge is 0.385 e. The molecule has 66 valence electrons. The first-order valence-electron chi connectivity index (χ1n) is 3.81. The van der Waals surface area contributed by atoms with Gasteiger partial charge in [0.15, 0.2) is 5.78 Å². The lowest BCUT2D eigenvalue weighted by Gasteiger charge is -1.98. The minimum Gasteiger partial charge on any atom is -0.385 e. The van der Waals surface area contributed by atoms with Crippen molar-refractivity contribution in [1.82, 2.24) is 0 Å². The van der Waals surface area contributed by atoms with Gasteiger partial charge in [-0.25, -0.2) is 0 Å². The topological polar surface area (TPSA) is 35.5 Å². The van der Waals surface area contributed by atoms with Gasteiger partial charge in [-0.2, -0.15) is 0 Å². The van der Waals surface area contributed by atoms with Gasteiger partial charge in [-0.15, -0.1) is 0 Å². The van der Waals surface area contributed by atoms with Crippen LogP contribution in [0.1, 0.15) is 19.3 Å². The van der Waals surface area contributed by atoms with E-state index >= 15 is 0 Å². The third-order valence-corrected chi connectivity index (χ3v) is 1.36. The van der Waals surface area contributed by atoms with Gasteiger partial charge in [0.2, 0.25) is 0 Å². The number of hydrogen-bond acceptors (Lipinski definition) is 3. The molecular formula is C8H16O3. The fourth-order valence-electron chi connectivity index (χ4n) is 0.802. The van der Waals surface area contributed by atoms with E-state index in [1.165, 1.54) is 7.11 Å². The van der Waals surface area contributed by atoms with E-state index in [0.717, 1.165) is 19.4 Å². The minimum atomic E-state index is 0.170. The number of ether oxygens (including phenoxy) is 2. The van der Waals surface area contributed by atoms with Crippen molar-refractivity contribution in [1.29, 1.82) is 0 Å². The first-order chi connectivity index (χ1) is 5.31. The second-order valence-electron chi connectivity index (χ2n) is 2.42. The average Bonchev–Trinajstić information content (AvgIpc) is 1.99. The Hall–Kier alpha value is -0.410. The van der Waals surface area contributed by atoms with Crippen LogP contribution in [0.3, 0.4) is 0 Å². The van der Waals surface area contributed by atoms with Gasteiger partial charge >= 0.3 is 0 Å². The summed E-state index contributed by atoms with van der Waals surface area (Å²) in [4.78, 5) is 10.8. The van der Waals surface area contributed by atoms with E-state index in [4.69, 9.17) is 4.74 Å². The maximum absolute atomic E-state index is 10.8. The monoisotopic (exact) mass is 160 g/mol. The zero-order chi connectivity index (χ0) is 8.53. The van der Waals surface area contributed by atoms with Crippen molar-refractivity contribution in [2.24, 2.45) is 0 Å². The number of rotatable bonds is 7. The molecule has 0 fully saturated rings. The molecule has 0 aliphatic rings. The van der Waals surface area contributed by atoms with Crippen LogP contribution in [0.4, 0.5) is 0 Å². The average molecular weight is 160 g/mol. The maximum atomic E-state index is 10.8. The molecule has 0 aromatic rings. The normalized spacial score (nSPS) is 10.0. The van der Waals surface area contributed by atoms with Gasteiger partial charge in [-0.3, -0.25) is 4.79 Å². The van der Waals surface area contributed by atoms with Crippen LogP contribution in [0.5, 0.6) is 0 Å². The van der Waals surface area contributed by atoms with E-state index in [2.05, 4.69) is 4.74 Å². The first-order valence-corrected chi connectivity index (χ1v) is 3.81. The zero-order valence-corrected chi connectivity index (χ0v) is 7.26. The third-order valence-electron chi connectivity index (χ3n) is 1.36. The molecule has 0 saturated heterocycles. The Morgan fingerprint density at radius 2 is 1.91 bits per heavy atom. The molecule has 0 bridgehead atoms. The van der Waals surface area contributed by atoms with Crippen LogP contribution >= 0.6 is 0 Å². The Morgan fingerprint density at radius 3 is 2.45 bits per heavy atom. The van der Waals surface area contributed by atoms with Crippen molar-refractivity contribution >= 4 is 5.78 Å². The molecule has 0 spiro atoms. The van der Waals surface area contributed by atoms with Crippen molar-refractivity contribution in [2.45, 2.75) is 19.3 Å². The third kappa shape index (κ3) is 7.49. The summed E-state index contributed by atoms with van der Waals surface area (Å²) in [6, 6.07) is 0.